The fourth-order valence-electron chi connectivity index (χ4n) is 4.89. The van der Waals surface area contributed by atoms with Gasteiger partial charge in [-0.1, -0.05) is 49.1 Å². The summed E-state index contributed by atoms with van der Waals surface area (Å²) < 4.78 is 8.97. The fourth-order valence-corrected chi connectivity index (χ4v) is 6.04. The Kier molecular flexibility index (Phi) is 3.76. The Hall–Kier alpha value is -2.65. The molecule has 2 nitrogen and oxygen atoms in total. The molecule has 0 fully saturated rings. The third-order valence-corrected chi connectivity index (χ3v) is 8.53. The highest BCUT2D eigenvalue weighted by Gasteiger charge is 2.33. The number of rotatable bonds is 1. The molecule has 0 atom stereocenters. The maximum Gasteiger partial charge on any atom is 0.228 e. The number of hydrogen-bond donors (Lipinski definition) is 0. The van der Waals surface area contributed by atoms with Crippen LogP contribution in [-0.2, 0) is 7.05 Å². The molecule has 0 spiro atoms. The molecule has 0 aliphatic carbocycles. The first kappa shape index (κ1) is 18.4. The van der Waals surface area contributed by atoms with Crippen molar-refractivity contribution in [1.82, 2.24) is 0 Å². The van der Waals surface area contributed by atoms with Crippen LogP contribution in [0.15, 0.2) is 42.6 Å². The van der Waals surface area contributed by atoms with Gasteiger partial charge in [-0.25, -0.2) is 4.57 Å². The summed E-state index contributed by atoms with van der Waals surface area (Å²) in [5.74, 6) is 2.03. The van der Waals surface area contributed by atoms with Gasteiger partial charge in [0.05, 0.1) is 19.0 Å². The summed E-state index contributed by atoms with van der Waals surface area (Å²) in [6.07, 6.45) is 2.20. The molecule has 3 aromatic carbocycles. The van der Waals surface area contributed by atoms with E-state index in [2.05, 4.69) is 94.6 Å². The summed E-state index contributed by atoms with van der Waals surface area (Å²) in [5, 5.41) is 6.60. The van der Waals surface area contributed by atoms with E-state index in [9.17, 15) is 0 Å². The Balaban J connectivity index is 1.98. The summed E-state index contributed by atoms with van der Waals surface area (Å²) in [4.78, 5) is 0. The number of pyridine rings is 1. The largest absolute Gasteiger partial charge is 0.455 e. The highest BCUT2D eigenvalue weighted by Crippen LogP contribution is 2.50. The molecule has 5 rings (SSSR count). The molecule has 0 bridgehead atoms. The number of aryl methyl sites for hydroxylation is 4. The molecule has 29 heavy (non-hydrogen) atoms. The maximum absolute atomic E-state index is 6.71. The molecule has 1 aliphatic rings. The normalized spacial score (nSPS) is 12.9. The summed E-state index contributed by atoms with van der Waals surface area (Å²) >= 11 is 0. The Morgan fingerprint density at radius 3 is 2.38 bits per heavy atom. The minimum Gasteiger partial charge on any atom is -0.455 e. The number of hydrogen-bond acceptors (Lipinski definition) is 1. The van der Waals surface area contributed by atoms with Gasteiger partial charge in [0.2, 0.25) is 5.69 Å². The van der Waals surface area contributed by atoms with Crippen LogP contribution in [0.25, 0.3) is 32.8 Å². The van der Waals surface area contributed by atoms with Crippen molar-refractivity contribution in [2.75, 3.05) is 0 Å². The van der Waals surface area contributed by atoms with Crippen molar-refractivity contribution in [2.45, 2.75) is 40.4 Å². The predicted octanol–water partition coefficient (Wildman–Crippen LogP) is 6.06. The smallest absolute Gasteiger partial charge is 0.228 e. The number of aromatic nitrogens is 1. The zero-order chi connectivity index (χ0) is 20.7. The van der Waals surface area contributed by atoms with Crippen molar-refractivity contribution >= 4 is 34.8 Å². The van der Waals surface area contributed by atoms with Crippen LogP contribution in [0.4, 0.5) is 0 Å². The second kappa shape index (κ2) is 5.93. The molecule has 0 radical (unpaired) electrons. The van der Waals surface area contributed by atoms with Gasteiger partial charge in [-0.2, -0.15) is 0 Å². The quantitative estimate of drug-likeness (QED) is 0.247. The first-order valence-electron chi connectivity index (χ1n) is 10.4. The van der Waals surface area contributed by atoms with Crippen molar-refractivity contribution in [3.05, 3.63) is 59.3 Å². The number of benzene rings is 3. The van der Waals surface area contributed by atoms with Crippen molar-refractivity contribution < 1.29 is 9.30 Å². The van der Waals surface area contributed by atoms with Crippen LogP contribution < -0.4 is 14.5 Å². The topological polar surface area (TPSA) is 13.1 Å². The minimum atomic E-state index is -1.46. The lowest BCUT2D eigenvalue weighted by atomic mass is 9.88. The summed E-state index contributed by atoms with van der Waals surface area (Å²) in [6.45, 7) is 13.8. The zero-order valence-electron chi connectivity index (χ0n) is 18.4. The number of ether oxygens (including phenoxy) is 1. The lowest BCUT2D eigenvalue weighted by molar-refractivity contribution is -0.659. The van der Waals surface area contributed by atoms with E-state index in [4.69, 9.17) is 4.74 Å². The molecule has 0 amide bonds. The van der Waals surface area contributed by atoms with Gasteiger partial charge >= 0.3 is 0 Å². The number of fused-ring (bicyclic) bond motifs is 3. The van der Waals surface area contributed by atoms with Gasteiger partial charge in [-0.15, -0.1) is 0 Å². The Bertz CT molecular complexity index is 1350. The molecular formula is C26H28NOSi+. The SMILES string of the molecule is Cc1c2c(c(C)c3c(C)cccc13)-c1c3c(cc([Si](C)(C)C)cc3cc[n+]1C)O2. The Morgan fingerprint density at radius 1 is 0.897 bits per heavy atom. The van der Waals surface area contributed by atoms with Crippen LogP contribution in [0, 0.1) is 20.8 Å². The molecule has 1 aliphatic heterocycles. The average molecular weight is 399 g/mol. The molecular weight excluding hydrogens is 370 g/mol. The van der Waals surface area contributed by atoms with E-state index >= 15 is 0 Å². The van der Waals surface area contributed by atoms with Gasteiger partial charge < -0.3 is 4.74 Å². The van der Waals surface area contributed by atoms with Crippen LogP contribution in [-0.4, -0.2) is 8.07 Å². The zero-order valence-corrected chi connectivity index (χ0v) is 19.4. The van der Waals surface area contributed by atoms with E-state index in [-0.39, 0.29) is 0 Å². The van der Waals surface area contributed by atoms with E-state index < -0.39 is 8.07 Å². The molecule has 0 unspecified atom stereocenters. The van der Waals surface area contributed by atoms with E-state index in [1.165, 1.54) is 54.7 Å². The van der Waals surface area contributed by atoms with Crippen molar-refractivity contribution in [3.8, 4) is 22.8 Å². The fraction of sp³-hybridized carbons (Fsp3) is 0.269. The van der Waals surface area contributed by atoms with Gasteiger partial charge in [-0.05, 0) is 54.1 Å². The number of nitrogens with zero attached hydrogens (tertiary/aromatic N) is 1. The monoisotopic (exact) mass is 398 g/mol. The summed E-state index contributed by atoms with van der Waals surface area (Å²) in [6, 6.07) is 13.5. The molecule has 4 aromatic rings. The second-order valence-corrected chi connectivity index (χ2v) is 14.6. The molecule has 0 N–H and O–H groups in total. The van der Waals surface area contributed by atoms with Crippen LogP contribution in [0.1, 0.15) is 16.7 Å². The van der Waals surface area contributed by atoms with Crippen LogP contribution in [0.5, 0.6) is 11.5 Å². The molecule has 3 heteroatoms. The van der Waals surface area contributed by atoms with Crippen LogP contribution >= 0.6 is 0 Å². The Labute approximate surface area is 173 Å². The minimum absolute atomic E-state index is 1.01. The van der Waals surface area contributed by atoms with Crippen molar-refractivity contribution in [1.29, 1.82) is 0 Å². The first-order chi connectivity index (χ1) is 13.7. The first-order valence-corrected chi connectivity index (χ1v) is 13.9. The lowest BCUT2D eigenvalue weighted by Crippen LogP contribution is -2.38. The maximum atomic E-state index is 6.71. The van der Waals surface area contributed by atoms with E-state index in [0.29, 0.717) is 0 Å². The molecule has 146 valence electrons. The van der Waals surface area contributed by atoms with Gasteiger partial charge in [0.25, 0.3) is 0 Å². The van der Waals surface area contributed by atoms with Gasteiger partial charge in [0.15, 0.2) is 6.20 Å². The van der Waals surface area contributed by atoms with E-state index in [1.54, 1.807) is 0 Å². The van der Waals surface area contributed by atoms with Crippen LogP contribution in [0.3, 0.4) is 0 Å². The average Bonchev–Trinajstić information content (AvgIpc) is 2.67. The van der Waals surface area contributed by atoms with Crippen LogP contribution in [0.2, 0.25) is 19.6 Å². The Morgan fingerprint density at radius 2 is 1.66 bits per heavy atom. The standard InChI is InChI=1S/C26H28NOSi/c1-15-9-8-10-20-16(2)26-23(17(3)22(15)20)25-24-18(11-12-27(25)4)13-19(29(5,6)7)14-21(24)28-26/h8-14H,1-7H3/q+1. The van der Waals surface area contributed by atoms with Gasteiger partial charge in [0.1, 0.15) is 18.5 Å². The van der Waals surface area contributed by atoms with Gasteiger partial charge in [-0.3, -0.25) is 0 Å². The summed E-state index contributed by atoms with van der Waals surface area (Å²) in [5.41, 5.74) is 6.37. The van der Waals surface area contributed by atoms with Crippen molar-refractivity contribution in [3.63, 3.8) is 0 Å². The molecule has 0 saturated heterocycles. The molecule has 0 saturated carbocycles. The van der Waals surface area contributed by atoms with E-state index in [0.717, 1.165) is 11.5 Å². The van der Waals surface area contributed by atoms with E-state index in [1.807, 2.05) is 0 Å². The third kappa shape index (κ3) is 2.50. The predicted molar refractivity (Wildman–Crippen MR) is 125 cm³/mol. The highest BCUT2D eigenvalue weighted by atomic mass is 28.3. The van der Waals surface area contributed by atoms with Crippen molar-refractivity contribution in [2.24, 2.45) is 7.05 Å². The lowest BCUT2D eigenvalue weighted by Gasteiger charge is -2.26. The van der Waals surface area contributed by atoms with Gasteiger partial charge in [0, 0.05) is 11.6 Å². The summed E-state index contributed by atoms with van der Waals surface area (Å²) in [7, 11) is 0.691. The highest BCUT2D eigenvalue weighted by molar-refractivity contribution is 6.88. The third-order valence-electron chi connectivity index (χ3n) is 6.51. The second-order valence-electron chi connectivity index (χ2n) is 9.52. The molecule has 2 heterocycles. The molecule has 1 aromatic heterocycles.